The molecule has 2 heterocycles. The first kappa shape index (κ1) is 14.2. The van der Waals surface area contributed by atoms with Crippen LogP contribution in [0.2, 0.25) is 0 Å². The molecule has 0 atom stereocenters. The zero-order chi connectivity index (χ0) is 15.7. The molecule has 0 saturated carbocycles. The predicted octanol–water partition coefficient (Wildman–Crippen LogP) is 2.85. The molecule has 6 nitrogen and oxygen atoms in total. The highest BCUT2D eigenvalue weighted by Crippen LogP contribution is 2.29. The van der Waals surface area contributed by atoms with Gasteiger partial charge in [0.2, 0.25) is 0 Å². The van der Waals surface area contributed by atoms with Gasteiger partial charge in [0.25, 0.3) is 11.8 Å². The van der Waals surface area contributed by atoms with E-state index in [9.17, 15) is 9.59 Å². The van der Waals surface area contributed by atoms with Crippen molar-refractivity contribution in [1.29, 1.82) is 0 Å². The van der Waals surface area contributed by atoms with Crippen molar-refractivity contribution in [2.24, 2.45) is 5.73 Å². The summed E-state index contributed by atoms with van der Waals surface area (Å²) in [7, 11) is 1.53. The average molecular weight is 316 g/mol. The van der Waals surface area contributed by atoms with Gasteiger partial charge in [-0.15, -0.1) is 11.3 Å². The van der Waals surface area contributed by atoms with Crippen molar-refractivity contribution in [3.05, 3.63) is 47.0 Å². The molecular weight excluding hydrogens is 304 g/mol. The molecule has 0 aliphatic rings. The predicted molar refractivity (Wildman–Crippen MR) is 83.6 cm³/mol. The number of methoxy groups -OCH3 is 1. The molecular formula is C15H12N2O4S. The van der Waals surface area contributed by atoms with E-state index < -0.39 is 11.8 Å². The zero-order valence-corrected chi connectivity index (χ0v) is 12.4. The van der Waals surface area contributed by atoms with Crippen LogP contribution in [-0.4, -0.2) is 18.9 Å². The summed E-state index contributed by atoms with van der Waals surface area (Å²) in [6.45, 7) is 0. The number of anilines is 1. The lowest BCUT2D eigenvalue weighted by molar-refractivity contribution is 0.0999. The summed E-state index contributed by atoms with van der Waals surface area (Å²) < 4.78 is 10.7. The minimum absolute atomic E-state index is 0.128. The van der Waals surface area contributed by atoms with Gasteiger partial charge in [0.1, 0.15) is 5.00 Å². The van der Waals surface area contributed by atoms with Gasteiger partial charge in [-0.05, 0) is 23.6 Å². The summed E-state index contributed by atoms with van der Waals surface area (Å²) in [4.78, 5) is 23.5. The van der Waals surface area contributed by atoms with Crippen LogP contribution in [-0.2, 0) is 0 Å². The molecule has 0 unspecified atom stereocenters. The molecule has 112 valence electrons. The van der Waals surface area contributed by atoms with E-state index in [0.717, 1.165) is 5.39 Å². The normalized spacial score (nSPS) is 10.6. The Morgan fingerprint density at radius 3 is 2.86 bits per heavy atom. The number of fused-ring (bicyclic) bond motifs is 1. The van der Waals surface area contributed by atoms with E-state index in [2.05, 4.69) is 5.32 Å². The largest absolute Gasteiger partial charge is 0.493 e. The number of thiophene rings is 1. The van der Waals surface area contributed by atoms with Crippen molar-refractivity contribution in [2.45, 2.75) is 0 Å². The maximum atomic E-state index is 12.3. The molecule has 0 aliphatic carbocycles. The number of nitrogens with one attached hydrogen (secondary N) is 1. The molecule has 3 rings (SSSR count). The van der Waals surface area contributed by atoms with E-state index in [4.69, 9.17) is 14.9 Å². The Labute approximate surface area is 129 Å². The maximum absolute atomic E-state index is 12.3. The van der Waals surface area contributed by atoms with Gasteiger partial charge in [0, 0.05) is 5.39 Å². The molecule has 0 bridgehead atoms. The van der Waals surface area contributed by atoms with Gasteiger partial charge in [-0.3, -0.25) is 9.59 Å². The Bertz CT molecular complexity index is 865. The van der Waals surface area contributed by atoms with E-state index in [1.807, 2.05) is 12.1 Å². The lowest BCUT2D eigenvalue weighted by Crippen LogP contribution is -2.16. The molecule has 3 N–H and O–H groups in total. The van der Waals surface area contributed by atoms with Crippen LogP contribution in [0.4, 0.5) is 5.00 Å². The summed E-state index contributed by atoms with van der Waals surface area (Å²) >= 11 is 1.22. The van der Waals surface area contributed by atoms with Crippen molar-refractivity contribution < 1.29 is 18.7 Å². The second-order valence-corrected chi connectivity index (χ2v) is 5.39. The number of amides is 2. The smallest absolute Gasteiger partial charge is 0.292 e. The number of para-hydroxylation sites is 1. The molecule has 1 aromatic carbocycles. The van der Waals surface area contributed by atoms with Crippen LogP contribution in [0.15, 0.2) is 40.1 Å². The van der Waals surface area contributed by atoms with Crippen LogP contribution in [0.25, 0.3) is 11.0 Å². The second kappa shape index (κ2) is 5.53. The molecule has 0 radical (unpaired) electrons. The van der Waals surface area contributed by atoms with Crippen LogP contribution in [0.5, 0.6) is 5.75 Å². The molecule has 0 spiro atoms. The van der Waals surface area contributed by atoms with Gasteiger partial charge in [0.15, 0.2) is 17.1 Å². The molecule has 0 saturated heterocycles. The van der Waals surface area contributed by atoms with Crippen LogP contribution in [0.3, 0.4) is 0 Å². The Hall–Kier alpha value is -2.80. The summed E-state index contributed by atoms with van der Waals surface area (Å²) in [5.41, 5.74) is 6.02. The number of furan rings is 1. The number of benzene rings is 1. The van der Waals surface area contributed by atoms with E-state index in [0.29, 0.717) is 16.3 Å². The fourth-order valence-electron chi connectivity index (χ4n) is 2.07. The lowest BCUT2D eigenvalue weighted by Gasteiger charge is -2.02. The standard InChI is InChI=1S/C15H12N2O4S/c1-20-10-4-2-3-8-7-11(21-12(8)10)14(19)17-15-9(13(16)18)5-6-22-15/h2-7H,1H3,(H2,16,18)(H,17,19). The summed E-state index contributed by atoms with van der Waals surface area (Å²) in [6, 6.07) is 8.55. The van der Waals surface area contributed by atoms with E-state index in [1.165, 1.54) is 18.4 Å². The number of ether oxygens (including phenoxy) is 1. The fraction of sp³-hybridized carbons (Fsp3) is 0.0667. The van der Waals surface area contributed by atoms with E-state index in [-0.39, 0.29) is 11.3 Å². The molecule has 0 fully saturated rings. The number of carbonyl (C=O) groups excluding carboxylic acids is 2. The van der Waals surface area contributed by atoms with Crippen LogP contribution in [0.1, 0.15) is 20.9 Å². The number of primary amides is 1. The highest BCUT2D eigenvalue weighted by Gasteiger charge is 2.18. The third-order valence-corrected chi connectivity index (χ3v) is 3.94. The SMILES string of the molecule is COc1cccc2cc(C(=O)Nc3sccc3C(N)=O)oc12. The summed E-state index contributed by atoms with van der Waals surface area (Å²) in [6.07, 6.45) is 0. The van der Waals surface area contributed by atoms with Gasteiger partial charge in [-0.2, -0.15) is 0 Å². The number of nitrogens with two attached hydrogens (primary N) is 1. The van der Waals surface area contributed by atoms with Crippen molar-refractivity contribution in [1.82, 2.24) is 0 Å². The third-order valence-electron chi connectivity index (χ3n) is 3.11. The maximum Gasteiger partial charge on any atom is 0.292 e. The van der Waals surface area contributed by atoms with Crippen molar-refractivity contribution >= 4 is 39.1 Å². The monoisotopic (exact) mass is 316 g/mol. The average Bonchev–Trinajstić information content (AvgIpc) is 3.12. The Morgan fingerprint density at radius 1 is 1.32 bits per heavy atom. The van der Waals surface area contributed by atoms with Crippen LogP contribution >= 0.6 is 11.3 Å². The number of carbonyl (C=O) groups is 2. The first-order valence-corrected chi connectivity index (χ1v) is 7.23. The van der Waals surface area contributed by atoms with Crippen LogP contribution < -0.4 is 15.8 Å². The Kier molecular flexibility index (Phi) is 3.56. The molecule has 3 aromatic rings. The van der Waals surface area contributed by atoms with Crippen molar-refractivity contribution in [2.75, 3.05) is 12.4 Å². The van der Waals surface area contributed by atoms with E-state index in [1.54, 1.807) is 23.6 Å². The van der Waals surface area contributed by atoms with Crippen molar-refractivity contribution in [3.8, 4) is 5.75 Å². The number of hydrogen-bond donors (Lipinski definition) is 2. The second-order valence-electron chi connectivity index (χ2n) is 4.47. The minimum atomic E-state index is -0.595. The lowest BCUT2D eigenvalue weighted by atomic mass is 10.2. The van der Waals surface area contributed by atoms with Gasteiger partial charge in [0.05, 0.1) is 12.7 Å². The van der Waals surface area contributed by atoms with Gasteiger partial charge in [-0.1, -0.05) is 12.1 Å². The fourth-order valence-corrected chi connectivity index (χ4v) is 2.86. The molecule has 2 aromatic heterocycles. The highest BCUT2D eigenvalue weighted by molar-refractivity contribution is 7.14. The molecule has 7 heteroatoms. The summed E-state index contributed by atoms with van der Waals surface area (Å²) in [5.74, 6) is -0.375. The summed E-state index contributed by atoms with van der Waals surface area (Å²) in [5, 5.41) is 5.46. The van der Waals surface area contributed by atoms with Crippen LogP contribution in [0, 0.1) is 0 Å². The van der Waals surface area contributed by atoms with Gasteiger partial charge in [-0.25, -0.2) is 0 Å². The zero-order valence-electron chi connectivity index (χ0n) is 11.6. The molecule has 22 heavy (non-hydrogen) atoms. The first-order chi connectivity index (χ1) is 10.6. The topological polar surface area (TPSA) is 94.6 Å². The molecule has 2 amide bonds. The number of rotatable bonds is 4. The Balaban J connectivity index is 1.92. The highest BCUT2D eigenvalue weighted by atomic mass is 32.1. The van der Waals surface area contributed by atoms with Gasteiger partial charge >= 0.3 is 0 Å². The quantitative estimate of drug-likeness (QED) is 0.773. The molecule has 0 aliphatic heterocycles. The minimum Gasteiger partial charge on any atom is -0.493 e. The first-order valence-electron chi connectivity index (χ1n) is 6.35. The Morgan fingerprint density at radius 2 is 2.14 bits per heavy atom. The van der Waals surface area contributed by atoms with E-state index >= 15 is 0 Å². The number of hydrogen-bond acceptors (Lipinski definition) is 5. The van der Waals surface area contributed by atoms with Gasteiger partial charge < -0.3 is 20.2 Å². The van der Waals surface area contributed by atoms with Crippen molar-refractivity contribution in [3.63, 3.8) is 0 Å². The third kappa shape index (κ3) is 2.42.